The highest BCUT2D eigenvalue weighted by molar-refractivity contribution is 6.32. The highest BCUT2D eigenvalue weighted by Crippen LogP contribution is 2.26. The van der Waals surface area contributed by atoms with Crippen LogP contribution in [0, 0.1) is 0 Å². The molecule has 7 nitrogen and oxygen atoms in total. The maximum absolute atomic E-state index is 12.4. The molecule has 27 heavy (non-hydrogen) atoms. The summed E-state index contributed by atoms with van der Waals surface area (Å²) in [4.78, 5) is 29.5. The van der Waals surface area contributed by atoms with Crippen LogP contribution < -0.4 is 15.1 Å². The lowest BCUT2D eigenvalue weighted by molar-refractivity contribution is 0.0925. The molecule has 0 spiro atoms. The molecule has 8 heteroatoms. The van der Waals surface area contributed by atoms with Crippen molar-refractivity contribution in [2.75, 3.05) is 30.9 Å². The van der Waals surface area contributed by atoms with Gasteiger partial charge in [0.25, 0.3) is 5.91 Å². The minimum absolute atomic E-state index is 0.146. The molecule has 0 aliphatic heterocycles. The summed E-state index contributed by atoms with van der Waals surface area (Å²) < 4.78 is 0. The second-order valence-electron chi connectivity index (χ2n) is 7.04. The quantitative estimate of drug-likeness (QED) is 0.794. The average Bonchev–Trinajstić information content (AvgIpc) is 2.68. The van der Waals surface area contributed by atoms with Gasteiger partial charge in [-0.15, -0.1) is 0 Å². The molecule has 0 bridgehead atoms. The van der Waals surface area contributed by atoms with Gasteiger partial charge in [-0.05, 0) is 43.9 Å². The van der Waals surface area contributed by atoms with E-state index in [1.807, 2.05) is 32.1 Å². The van der Waals surface area contributed by atoms with Crippen molar-refractivity contribution in [3.05, 3.63) is 41.3 Å². The normalized spacial score (nSPS) is 19.4. The molecule has 1 aliphatic carbocycles. The predicted octanol–water partition coefficient (Wildman–Crippen LogP) is 2.77. The van der Waals surface area contributed by atoms with E-state index in [4.69, 9.17) is 11.6 Å². The fourth-order valence-corrected chi connectivity index (χ4v) is 3.55. The molecule has 1 fully saturated rings. The van der Waals surface area contributed by atoms with Crippen molar-refractivity contribution in [1.82, 2.24) is 20.3 Å². The molecule has 2 aromatic rings. The van der Waals surface area contributed by atoms with Gasteiger partial charge in [-0.25, -0.2) is 9.97 Å². The van der Waals surface area contributed by atoms with Gasteiger partial charge in [0.05, 0.1) is 5.56 Å². The summed E-state index contributed by atoms with van der Waals surface area (Å²) in [6.45, 7) is 0. The number of halogens is 1. The predicted molar refractivity (Wildman–Crippen MR) is 108 cm³/mol. The zero-order valence-electron chi connectivity index (χ0n) is 15.9. The second-order valence-corrected chi connectivity index (χ2v) is 7.40. The first kappa shape index (κ1) is 19.4. The number of anilines is 2. The van der Waals surface area contributed by atoms with Crippen molar-refractivity contribution in [1.29, 1.82) is 0 Å². The van der Waals surface area contributed by atoms with Crippen LogP contribution in [0.3, 0.4) is 0 Å². The van der Waals surface area contributed by atoms with Crippen LogP contribution in [0.2, 0.25) is 5.15 Å². The van der Waals surface area contributed by atoms with Crippen molar-refractivity contribution >= 4 is 29.3 Å². The first-order valence-electron chi connectivity index (χ1n) is 9.10. The van der Waals surface area contributed by atoms with Gasteiger partial charge in [-0.2, -0.15) is 4.98 Å². The van der Waals surface area contributed by atoms with E-state index in [0.717, 1.165) is 37.4 Å². The molecule has 0 atom stereocenters. The van der Waals surface area contributed by atoms with Crippen molar-refractivity contribution in [3.8, 4) is 0 Å². The van der Waals surface area contributed by atoms with E-state index in [-0.39, 0.29) is 17.1 Å². The molecule has 1 amide bonds. The minimum Gasteiger partial charge on any atom is -0.363 e. The Labute approximate surface area is 164 Å². The molecule has 0 aromatic carbocycles. The van der Waals surface area contributed by atoms with Gasteiger partial charge >= 0.3 is 0 Å². The van der Waals surface area contributed by atoms with Crippen molar-refractivity contribution in [2.24, 2.45) is 0 Å². The lowest BCUT2D eigenvalue weighted by Gasteiger charge is -2.35. The van der Waals surface area contributed by atoms with Crippen LogP contribution in [0.4, 0.5) is 11.8 Å². The smallest absolute Gasteiger partial charge is 0.254 e. The molecular weight excluding hydrogens is 364 g/mol. The highest BCUT2D eigenvalue weighted by atomic mass is 35.5. The van der Waals surface area contributed by atoms with Crippen LogP contribution in [0.5, 0.6) is 0 Å². The Hall–Kier alpha value is -2.41. The van der Waals surface area contributed by atoms with Crippen LogP contribution in [0.15, 0.2) is 30.6 Å². The van der Waals surface area contributed by atoms with Gasteiger partial charge in [0, 0.05) is 45.6 Å². The lowest BCUT2D eigenvalue weighted by atomic mass is 9.90. The summed E-state index contributed by atoms with van der Waals surface area (Å²) in [7, 11) is 5.97. The van der Waals surface area contributed by atoms with E-state index in [2.05, 4.69) is 25.2 Å². The van der Waals surface area contributed by atoms with E-state index >= 15 is 0 Å². The topological polar surface area (TPSA) is 74.2 Å². The van der Waals surface area contributed by atoms with E-state index < -0.39 is 0 Å². The molecular formula is C19H25ClN6O. The molecule has 2 aromatic heterocycles. The van der Waals surface area contributed by atoms with Crippen LogP contribution in [-0.2, 0) is 0 Å². The van der Waals surface area contributed by atoms with Crippen molar-refractivity contribution < 1.29 is 4.79 Å². The number of pyridine rings is 1. The Morgan fingerprint density at radius 3 is 2.52 bits per heavy atom. The number of hydrogen-bond donors (Lipinski definition) is 1. The van der Waals surface area contributed by atoms with E-state index in [1.54, 1.807) is 24.5 Å². The van der Waals surface area contributed by atoms with Gasteiger partial charge in [0.1, 0.15) is 11.0 Å². The molecule has 1 saturated carbocycles. The Kier molecular flexibility index (Phi) is 6.11. The number of aromatic nitrogens is 3. The van der Waals surface area contributed by atoms with Crippen molar-refractivity contribution in [3.63, 3.8) is 0 Å². The zero-order chi connectivity index (χ0) is 19.4. The number of amides is 1. The van der Waals surface area contributed by atoms with Gasteiger partial charge in [0.2, 0.25) is 5.95 Å². The number of hydrogen-bond acceptors (Lipinski definition) is 6. The summed E-state index contributed by atoms with van der Waals surface area (Å²) in [6, 6.07) is 5.81. The standard InChI is InChI=1S/C19H25ClN6O/c1-25(2)16-10-12-22-19(24-16)26(3)14-8-6-13(7-9-14)23-18(27)15-5-4-11-21-17(15)20/h4-5,10-14H,6-9H2,1-3H3,(H,23,27). The van der Waals surface area contributed by atoms with Crippen LogP contribution >= 0.6 is 11.6 Å². The monoisotopic (exact) mass is 388 g/mol. The minimum atomic E-state index is -0.160. The van der Waals surface area contributed by atoms with Gasteiger partial charge < -0.3 is 15.1 Å². The van der Waals surface area contributed by atoms with Crippen LogP contribution in [-0.4, -0.2) is 54.1 Å². The van der Waals surface area contributed by atoms with E-state index in [0.29, 0.717) is 11.6 Å². The van der Waals surface area contributed by atoms with Crippen LogP contribution in [0.1, 0.15) is 36.0 Å². The maximum atomic E-state index is 12.4. The Balaban J connectivity index is 1.56. The zero-order valence-corrected chi connectivity index (χ0v) is 16.6. The molecule has 0 unspecified atom stereocenters. The number of nitrogens with one attached hydrogen (secondary N) is 1. The largest absolute Gasteiger partial charge is 0.363 e. The van der Waals surface area contributed by atoms with E-state index in [1.165, 1.54) is 0 Å². The Bertz CT molecular complexity index is 791. The summed E-state index contributed by atoms with van der Waals surface area (Å²) >= 11 is 6.01. The second kappa shape index (κ2) is 8.52. The maximum Gasteiger partial charge on any atom is 0.254 e. The molecule has 0 radical (unpaired) electrons. The molecule has 1 aliphatic rings. The number of carbonyl (C=O) groups is 1. The first-order chi connectivity index (χ1) is 13.0. The molecule has 144 valence electrons. The average molecular weight is 389 g/mol. The Morgan fingerprint density at radius 2 is 1.85 bits per heavy atom. The third-order valence-electron chi connectivity index (χ3n) is 4.99. The molecule has 0 saturated heterocycles. The highest BCUT2D eigenvalue weighted by Gasteiger charge is 2.27. The third kappa shape index (κ3) is 4.66. The fraction of sp³-hybridized carbons (Fsp3) is 0.474. The van der Waals surface area contributed by atoms with Gasteiger partial charge in [-0.1, -0.05) is 11.6 Å². The van der Waals surface area contributed by atoms with Crippen LogP contribution in [0.25, 0.3) is 0 Å². The third-order valence-corrected chi connectivity index (χ3v) is 5.29. The van der Waals surface area contributed by atoms with Gasteiger partial charge in [-0.3, -0.25) is 4.79 Å². The summed E-state index contributed by atoms with van der Waals surface area (Å²) in [6.07, 6.45) is 7.12. The first-order valence-corrected chi connectivity index (χ1v) is 9.48. The number of carbonyl (C=O) groups excluding carboxylic acids is 1. The molecule has 3 rings (SSSR count). The van der Waals surface area contributed by atoms with Crippen molar-refractivity contribution in [2.45, 2.75) is 37.8 Å². The number of rotatable bonds is 5. The fourth-order valence-electron chi connectivity index (χ4n) is 3.35. The number of nitrogens with zero attached hydrogens (tertiary/aromatic N) is 5. The molecule has 2 heterocycles. The summed E-state index contributed by atoms with van der Waals surface area (Å²) in [5, 5.41) is 3.32. The van der Waals surface area contributed by atoms with Gasteiger partial charge in [0.15, 0.2) is 0 Å². The summed E-state index contributed by atoms with van der Waals surface area (Å²) in [5.41, 5.74) is 0.423. The SMILES string of the molecule is CN(C)c1ccnc(N(C)C2CCC(NC(=O)c3cccnc3Cl)CC2)n1. The summed E-state index contributed by atoms with van der Waals surface area (Å²) in [5.74, 6) is 1.46. The lowest BCUT2D eigenvalue weighted by Crippen LogP contribution is -2.43. The van der Waals surface area contributed by atoms with E-state index in [9.17, 15) is 4.79 Å². The Morgan fingerprint density at radius 1 is 1.11 bits per heavy atom. The molecule has 1 N–H and O–H groups in total.